The average molecular weight is 224 g/mol. The lowest BCUT2D eigenvalue weighted by atomic mass is 9.94. The van der Waals surface area contributed by atoms with E-state index in [0.717, 1.165) is 12.0 Å². The van der Waals surface area contributed by atoms with Crippen molar-refractivity contribution < 1.29 is 0 Å². The first-order chi connectivity index (χ1) is 7.88. The Morgan fingerprint density at radius 3 is 2.38 bits per heavy atom. The van der Waals surface area contributed by atoms with Gasteiger partial charge in [0, 0.05) is 19.1 Å². The van der Waals surface area contributed by atoms with E-state index in [-0.39, 0.29) is 0 Å². The molecule has 0 aromatic rings. The van der Waals surface area contributed by atoms with Gasteiger partial charge in [0.05, 0.1) is 0 Å². The second-order valence-electron chi connectivity index (χ2n) is 5.63. The monoisotopic (exact) mass is 224 g/mol. The minimum absolute atomic E-state index is 0.841. The molecule has 1 aliphatic heterocycles. The molecule has 0 amide bonds. The lowest BCUT2D eigenvalue weighted by molar-refractivity contribution is 0.181. The Morgan fingerprint density at radius 2 is 1.75 bits per heavy atom. The fourth-order valence-electron chi connectivity index (χ4n) is 3.18. The number of likely N-dealkylation sites (tertiary alicyclic amines) is 1. The molecule has 0 spiro atoms. The van der Waals surface area contributed by atoms with Crippen molar-refractivity contribution in [2.24, 2.45) is 5.92 Å². The fraction of sp³-hybridized carbons (Fsp3) is 1.00. The van der Waals surface area contributed by atoms with Gasteiger partial charge in [0.25, 0.3) is 0 Å². The Balaban J connectivity index is 1.53. The van der Waals surface area contributed by atoms with E-state index in [0.29, 0.717) is 0 Å². The van der Waals surface area contributed by atoms with Crippen LogP contribution >= 0.6 is 0 Å². The van der Waals surface area contributed by atoms with E-state index in [9.17, 15) is 0 Å². The predicted molar refractivity (Wildman–Crippen MR) is 69.7 cm³/mol. The predicted octanol–water partition coefficient (Wildman–Crippen LogP) is 2.64. The van der Waals surface area contributed by atoms with Crippen molar-refractivity contribution in [3.63, 3.8) is 0 Å². The van der Waals surface area contributed by atoms with Gasteiger partial charge in [-0.15, -0.1) is 0 Å². The first-order valence-corrected chi connectivity index (χ1v) is 7.34. The van der Waals surface area contributed by atoms with E-state index in [1.54, 1.807) is 0 Å². The van der Waals surface area contributed by atoms with Crippen LogP contribution in [0.2, 0.25) is 0 Å². The molecule has 1 saturated heterocycles. The molecule has 94 valence electrons. The second kappa shape index (κ2) is 6.61. The molecule has 0 atom stereocenters. The third-order valence-electron chi connectivity index (χ3n) is 4.50. The molecule has 1 aliphatic carbocycles. The molecule has 16 heavy (non-hydrogen) atoms. The van der Waals surface area contributed by atoms with Gasteiger partial charge in [-0.3, -0.25) is 0 Å². The topological polar surface area (TPSA) is 15.3 Å². The SMILES string of the molecule is CCC1CCN(CCNC2CCCC2)CC1. The summed E-state index contributed by atoms with van der Waals surface area (Å²) in [6, 6.07) is 0.841. The minimum atomic E-state index is 0.841. The number of hydrogen-bond acceptors (Lipinski definition) is 2. The van der Waals surface area contributed by atoms with E-state index < -0.39 is 0 Å². The smallest absolute Gasteiger partial charge is 0.0107 e. The van der Waals surface area contributed by atoms with Crippen LogP contribution in [0.15, 0.2) is 0 Å². The lowest BCUT2D eigenvalue weighted by Gasteiger charge is -2.31. The lowest BCUT2D eigenvalue weighted by Crippen LogP contribution is -2.40. The van der Waals surface area contributed by atoms with Crippen molar-refractivity contribution >= 4 is 0 Å². The van der Waals surface area contributed by atoms with Crippen LogP contribution in [0, 0.1) is 5.92 Å². The fourth-order valence-corrected chi connectivity index (χ4v) is 3.18. The van der Waals surface area contributed by atoms with Gasteiger partial charge >= 0.3 is 0 Å². The molecule has 2 nitrogen and oxygen atoms in total. The zero-order valence-corrected chi connectivity index (χ0v) is 10.9. The summed E-state index contributed by atoms with van der Waals surface area (Å²) in [5, 5.41) is 3.71. The third-order valence-corrected chi connectivity index (χ3v) is 4.50. The summed E-state index contributed by atoms with van der Waals surface area (Å²) in [6.45, 7) is 7.49. The van der Waals surface area contributed by atoms with E-state index in [1.165, 1.54) is 71.1 Å². The molecule has 2 fully saturated rings. The first-order valence-electron chi connectivity index (χ1n) is 7.34. The van der Waals surface area contributed by atoms with Crippen LogP contribution in [0.25, 0.3) is 0 Å². The normalized spacial score (nSPS) is 25.3. The van der Waals surface area contributed by atoms with Crippen molar-refractivity contribution in [3.05, 3.63) is 0 Å². The largest absolute Gasteiger partial charge is 0.313 e. The van der Waals surface area contributed by atoms with E-state index >= 15 is 0 Å². The van der Waals surface area contributed by atoms with Crippen LogP contribution in [-0.4, -0.2) is 37.1 Å². The second-order valence-corrected chi connectivity index (χ2v) is 5.63. The summed E-state index contributed by atoms with van der Waals surface area (Å²) < 4.78 is 0. The summed E-state index contributed by atoms with van der Waals surface area (Å²) in [4.78, 5) is 2.65. The zero-order valence-electron chi connectivity index (χ0n) is 10.9. The standard InChI is InChI=1S/C14H28N2/c1-2-13-7-10-16(11-8-13)12-9-15-14-5-3-4-6-14/h13-15H,2-12H2,1H3. The number of nitrogens with zero attached hydrogens (tertiary/aromatic N) is 1. The molecule has 1 heterocycles. The summed E-state index contributed by atoms with van der Waals surface area (Å²) in [6.07, 6.45) is 9.96. The van der Waals surface area contributed by atoms with Gasteiger partial charge < -0.3 is 10.2 Å². The van der Waals surface area contributed by atoms with Crippen molar-refractivity contribution in [2.45, 2.75) is 57.9 Å². The number of rotatable bonds is 5. The van der Waals surface area contributed by atoms with E-state index in [1.807, 2.05) is 0 Å². The van der Waals surface area contributed by atoms with Gasteiger partial charge in [0.2, 0.25) is 0 Å². The van der Waals surface area contributed by atoms with Crippen LogP contribution in [-0.2, 0) is 0 Å². The highest BCUT2D eigenvalue weighted by atomic mass is 15.1. The quantitative estimate of drug-likeness (QED) is 0.772. The first kappa shape index (κ1) is 12.4. The van der Waals surface area contributed by atoms with Gasteiger partial charge in [-0.05, 0) is 44.7 Å². The van der Waals surface area contributed by atoms with Gasteiger partial charge in [-0.2, -0.15) is 0 Å². The Morgan fingerprint density at radius 1 is 1.06 bits per heavy atom. The van der Waals surface area contributed by atoms with Crippen LogP contribution in [0.4, 0.5) is 0 Å². The third kappa shape index (κ3) is 3.74. The van der Waals surface area contributed by atoms with E-state index in [2.05, 4.69) is 17.1 Å². The maximum absolute atomic E-state index is 3.71. The summed E-state index contributed by atoms with van der Waals surface area (Å²) >= 11 is 0. The molecular weight excluding hydrogens is 196 g/mol. The Kier molecular flexibility index (Phi) is 5.11. The number of hydrogen-bond donors (Lipinski definition) is 1. The van der Waals surface area contributed by atoms with Gasteiger partial charge in [0.1, 0.15) is 0 Å². The highest BCUT2D eigenvalue weighted by Gasteiger charge is 2.18. The van der Waals surface area contributed by atoms with Crippen molar-refractivity contribution in [1.29, 1.82) is 0 Å². The van der Waals surface area contributed by atoms with Gasteiger partial charge in [-0.1, -0.05) is 26.2 Å². The Bertz CT molecular complexity index is 179. The van der Waals surface area contributed by atoms with Crippen molar-refractivity contribution in [3.8, 4) is 0 Å². The number of nitrogens with one attached hydrogen (secondary N) is 1. The molecule has 2 rings (SSSR count). The zero-order chi connectivity index (χ0) is 11.2. The van der Waals surface area contributed by atoms with Gasteiger partial charge in [0.15, 0.2) is 0 Å². The van der Waals surface area contributed by atoms with Crippen LogP contribution in [0.5, 0.6) is 0 Å². The Hall–Kier alpha value is -0.0800. The van der Waals surface area contributed by atoms with Crippen LogP contribution in [0.3, 0.4) is 0 Å². The maximum Gasteiger partial charge on any atom is 0.0107 e. The highest BCUT2D eigenvalue weighted by molar-refractivity contribution is 4.76. The molecule has 1 saturated carbocycles. The average Bonchev–Trinajstić information content (AvgIpc) is 2.83. The number of piperidine rings is 1. The molecule has 2 heteroatoms. The molecule has 1 N–H and O–H groups in total. The Labute approximate surface area is 101 Å². The highest BCUT2D eigenvalue weighted by Crippen LogP contribution is 2.20. The van der Waals surface area contributed by atoms with Gasteiger partial charge in [-0.25, -0.2) is 0 Å². The van der Waals surface area contributed by atoms with E-state index in [4.69, 9.17) is 0 Å². The van der Waals surface area contributed by atoms with Crippen LogP contribution < -0.4 is 5.32 Å². The van der Waals surface area contributed by atoms with Crippen LogP contribution in [0.1, 0.15) is 51.9 Å². The molecule has 0 unspecified atom stereocenters. The maximum atomic E-state index is 3.71. The molecule has 0 aromatic carbocycles. The van der Waals surface area contributed by atoms with Crippen molar-refractivity contribution in [2.75, 3.05) is 26.2 Å². The minimum Gasteiger partial charge on any atom is -0.313 e. The van der Waals surface area contributed by atoms with Crippen molar-refractivity contribution in [1.82, 2.24) is 10.2 Å². The molecular formula is C14H28N2. The summed E-state index contributed by atoms with van der Waals surface area (Å²) in [5.41, 5.74) is 0. The summed E-state index contributed by atoms with van der Waals surface area (Å²) in [5.74, 6) is 1.01. The molecule has 2 aliphatic rings. The molecule has 0 radical (unpaired) electrons. The molecule has 0 aromatic heterocycles. The summed E-state index contributed by atoms with van der Waals surface area (Å²) in [7, 11) is 0. The molecule has 0 bridgehead atoms.